The SMILES string of the molecule is CC(C)CCC(NN)c1ccco1. The van der Waals surface area contributed by atoms with Crippen LogP contribution in [-0.2, 0) is 0 Å². The summed E-state index contributed by atoms with van der Waals surface area (Å²) in [5.41, 5.74) is 2.77. The lowest BCUT2D eigenvalue weighted by atomic mass is 10.0. The van der Waals surface area contributed by atoms with Crippen molar-refractivity contribution in [1.29, 1.82) is 0 Å². The van der Waals surface area contributed by atoms with Gasteiger partial charge in [-0.2, -0.15) is 0 Å². The molecular formula is C10H18N2O. The quantitative estimate of drug-likeness (QED) is 0.542. The Morgan fingerprint density at radius 3 is 2.69 bits per heavy atom. The molecule has 0 saturated heterocycles. The van der Waals surface area contributed by atoms with Gasteiger partial charge in [-0.05, 0) is 30.9 Å². The molecule has 0 aromatic carbocycles. The van der Waals surface area contributed by atoms with E-state index in [4.69, 9.17) is 10.3 Å². The lowest BCUT2D eigenvalue weighted by Crippen LogP contribution is -2.27. The summed E-state index contributed by atoms with van der Waals surface area (Å²) < 4.78 is 5.28. The molecule has 3 N–H and O–H groups in total. The molecule has 74 valence electrons. The summed E-state index contributed by atoms with van der Waals surface area (Å²) in [4.78, 5) is 0. The van der Waals surface area contributed by atoms with Gasteiger partial charge in [-0.1, -0.05) is 13.8 Å². The van der Waals surface area contributed by atoms with Gasteiger partial charge in [0.15, 0.2) is 0 Å². The number of hydrogen-bond acceptors (Lipinski definition) is 3. The zero-order valence-corrected chi connectivity index (χ0v) is 8.29. The van der Waals surface area contributed by atoms with Crippen LogP contribution in [0.25, 0.3) is 0 Å². The molecule has 3 nitrogen and oxygen atoms in total. The minimum atomic E-state index is 0.150. The highest BCUT2D eigenvalue weighted by Crippen LogP contribution is 2.20. The Hall–Kier alpha value is -0.800. The predicted octanol–water partition coefficient (Wildman–Crippen LogP) is 2.22. The molecule has 1 rings (SSSR count). The molecule has 0 saturated carbocycles. The lowest BCUT2D eigenvalue weighted by molar-refractivity contribution is 0.376. The van der Waals surface area contributed by atoms with Crippen LogP contribution < -0.4 is 11.3 Å². The summed E-state index contributed by atoms with van der Waals surface area (Å²) >= 11 is 0. The monoisotopic (exact) mass is 182 g/mol. The van der Waals surface area contributed by atoms with Gasteiger partial charge in [0.2, 0.25) is 0 Å². The van der Waals surface area contributed by atoms with Gasteiger partial charge < -0.3 is 4.42 Å². The third-order valence-corrected chi connectivity index (χ3v) is 2.12. The molecule has 0 bridgehead atoms. The number of hydrogen-bond donors (Lipinski definition) is 2. The van der Waals surface area contributed by atoms with E-state index in [2.05, 4.69) is 19.3 Å². The fourth-order valence-electron chi connectivity index (χ4n) is 1.30. The van der Waals surface area contributed by atoms with Gasteiger partial charge >= 0.3 is 0 Å². The Morgan fingerprint density at radius 2 is 2.23 bits per heavy atom. The highest BCUT2D eigenvalue weighted by Gasteiger charge is 2.12. The van der Waals surface area contributed by atoms with Crippen LogP contribution in [0.2, 0.25) is 0 Å². The first kappa shape index (κ1) is 10.3. The summed E-state index contributed by atoms with van der Waals surface area (Å²) in [6.07, 6.45) is 3.84. The molecule has 0 aliphatic heterocycles. The van der Waals surface area contributed by atoms with Crippen molar-refractivity contribution in [2.75, 3.05) is 0 Å². The Labute approximate surface area is 79.3 Å². The van der Waals surface area contributed by atoms with Crippen LogP contribution in [0.1, 0.15) is 38.5 Å². The smallest absolute Gasteiger partial charge is 0.122 e. The molecule has 1 unspecified atom stereocenters. The minimum absolute atomic E-state index is 0.150. The number of nitrogens with two attached hydrogens (primary N) is 1. The van der Waals surface area contributed by atoms with Gasteiger partial charge in [0.1, 0.15) is 5.76 Å². The number of furan rings is 1. The third-order valence-electron chi connectivity index (χ3n) is 2.12. The van der Waals surface area contributed by atoms with E-state index in [0.717, 1.165) is 18.6 Å². The first-order chi connectivity index (χ1) is 6.24. The van der Waals surface area contributed by atoms with E-state index < -0.39 is 0 Å². The van der Waals surface area contributed by atoms with Gasteiger partial charge in [-0.3, -0.25) is 5.84 Å². The van der Waals surface area contributed by atoms with Crippen LogP contribution in [0.15, 0.2) is 22.8 Å². The molecular weight excluding hydrogens is 164 g/mol. The molecule has 1 atom stereocenters. The maximum atomic E-state index is 5.44. The van der Waals surface area contributed by atoms with Crippen molar-refractivity contribution in [3.63, 3.8) is 0 Å². The summed E-state index contributed by atoms with van der Waals surface area (Å²) in [6.45, 7) is 4.41. The van der Waals surface area contributed by atoms with Gasteiger partial charge in [-0.25, -0.2) is 5.43 Å². The second-order valence-corrected chi connectivity index (χ2v) is 3.71. The second-order valence-electron chi connectivity index (χ2n) is 3.71. The van der Waals surface area contributed by atoms with E-state index in [1.54, 1.807) is 6.26 Å². The van der Waals surface area contributed by atoms with Crippen LogP contribution in [0.4, 0.5) is 0 Å². The molecule has 1 aromatic heterocycles. The molecule has 0 amide bonds. The average Bonchev–Trinajstić information content (AvgIpc) is 2.58. The molecule has 0 radical (unpaired) electrons. The molecule has 0 spiro atoms. The van der Waals surface area contributed by atoms with Gasteiger partial charge in [0, 0.05) is 0 Å². The third kappa shape index (κ3) is 3.20. The van der Waals surface area contributed by atoms with Crippen LogP contribution in [-0.4, -0.2) is 0 Å². The van der Waals surface area contributed by atoms with Crippen molar-refractivity contribution in [3.8, 4) is 0 Å². The van der Waals surface area contributed by atoms with Crippen molar-refractivity contribution in [3.05, 3.63) is 24.2 Å². The Balaban J connectivity index is 2.44. The zero-order chi connectivity index (χ0) is 9.68. The van der Waals surface area contributed by atoms with E-state index >= 15 is 0 Å². The van der Waals surface area contributed by atoms with Crippen LogP contribution in [0, 0.1) is 5.92 Å². The van der Waals surface area contributed by atoms with Crippen molar-refractivity contribution in [2.24, 2.45) is 11.8 Å². The maximum absolute atomic E-state index is 5.44. The first-order valence-corrected chi connectivity index (χ1v) is 4.73. The van der Waals surface area contributed by atoms with E-state index in [1.165, 1.54) is 0 Å². The molecule has 3 heteroatoms. The molecule has 0 aliphatic carbocycles. The van der Waals surface area contributed by atoms with Crippen LogP contribution in [0.3, 0.4) is 0 Å². The average molecular weight is 182 g/mol. The number of rotatable bonds is 5. The zero-order valence-electron chi connectivity index (χ0n) is 8.29. The van der Waals surface area contributed by atoms with E-state index in [-0.39, 0.29) is 6.04 Å². The summed E-state index contributed by atoms with van der Waals surface area (Å²) in [7, 11) is 0. The van der Waals surface area contributed by atoms with Gasteiger partial charge in [-0.15, -0.1) is 0 Å². The van der Waals surface area contributed by atoms with Crippen molar-refractivity contribution < 1.29 is 4.42 Å². The van der Waals surface area contributed by atoms with E-state index in [9.17, 15) is 0 Å². The van der Waals surface area contributed by atoms with Crippen LogP contribution >= 0.6 is 0 Å². The fourth-order valence-corrected chi connectivity index (χ4v) is 1.30. The van der Waals surface area contributed by atoms with E-state index in [0.29, 0.717) is 5.92 Å². The minimum Gasteiger partial charge on any atom is -0.468 e. The Kier molecular flexibility index (Phi) is 3.99. The van der Waals surface area contributed by atoms with Crippen molar-refractivity contribution >= 4 is 0 Å². The molecule has 0 fully saturated rings. The Morgan fingerprint density at radius 1 is 1.46 bits per heavy atom. The van der Waals surface area contributed by atoms with Crippen molar-refractivity contribution in [2.45, 2.75) is 32.7 Å². The highest BCUT2D eigenvalue weighted by molar-refractivity contribution is 5.03. The molecule has 1 aromatic rings. The van der Waals surface area contributed by atoms with E-state index in [1.807, 2.05) is 12.1 Å². The normalized spacial score (nSPS) is 13.5. The number of nitrogens with one attached hydrogen (secondary N) is 1. The number of hydrazine groups is 1. The summed E-state index contributed by atoms with van der Waals surface area (Å²) in [5.74, 6) is 7.06. The topological polar surface area (TPSA) is 51.2 Å². The second kappa shape index (κ2) is 5.04. The molecule has 13 heavy (non-hydrogen) atoms. The van der Waals surface area contributed by atoms with Crippen molar-refractivity contribution in [1.82, 2.24) is 5.43 Å². The molecule has 0 aliphatic rings. The fraction of sp³-hybridized carbons (Fsp3) is 0.600. The standard InChI is InChI=1S/C10H18N2O/c1-8(2)5-6-9(12-11)10-4-3-7-13-10/h3-4,7-9,12H,5-6,11H2,1-2H3. The first-order valence-electron chi connectivity index (χ1n) is 4.73. The summed E-state index contributed by atoms with van der Waals surface area (Å²) in [5, 5.41) is 0. The highest BCUT2D eigenvalue weighted by atomic mass is 16.3. The lowest BCUT2D eigenvalue weighted by Gasteiger charge is -2.14. The van der Waals surface area contributed by atoms with Gasteiger partial charge in [0.05, 0.1) is 12.3 Å². The maximum Gasteiger partial charge on any atom is 0.122 e. The largest absolute Gasteiger partial charge is 0.468 e. The molecule has 1 heterocycles. The van der Waals surface area contributed by atoms with Gasteiger partial charge in [0.25, 0.3) is 0 Å². The van der Waals surface area contributed by atoms with Crippen LogP contribution in [0.5, 0.6) is 0 Å². The predicted molar refractivity (Wildman–Crippen MR) is 52.8 cm³/mol. The summed E-state index contributed by atoms with van der Waals surface area (Å²) in [6, 6.07) is 3.98. The Bertz CT molecular complexity index is 219.